The molecule has 11 heavy (non-hydrogen) atoms. The van der Waals surface area contributed by atoms with Gasteiger partial charge in [0.05, 0.1) is 4.20 Å². The van der Waals surface area contributed by atoms with E-state index in [-0.39, 0.29) is 5.82 Å². The van der Waals surface area contributed by atoms with Gasteiger partial charge in [0.2, 0.25) is 0 Å². The third-order valence-corrected chi connectivity index (χ3v) is 2.95. The smallest absolute Gasteiger partial charge is 0.123 e. The zero-order valence-electron chi connectivity index (χ0n) is 5.45. The summed E-state index contributed by atoms with van der Waals surface area (Å²) in [6, 6.07) is 6.16. The van der Waals surface area contributed by atoms with Gasteiger partial charge in [0.1, 0.15) is 5.82 Å². The summed E-state index contributed by atoms with van der Waals surface area (Å²) in [5, 5.41) is 0. The molecule has 0 aliphatic rings. The SMILES string of the molecule is Fc1cccc(C(=S)SS)c1. The normalized spacial score (nSPS) is 9.64. The van der Waals surface area contributed by atoms with E-state index in [1.165, 1.54) is 12.1 Å². The first-order valence-corrected chi connectivity index (χ1v) is 5.13. The van der Waals surface area contributed by atoms with Crippen LogP contribution in [0.1, 0.15) is 5.56 Å². The second-order valence-corrected chi connectivity index (χ2v) is 3.69. The van der Waals surface area contributed by atoms with Crippen molar-refractivity contribution in [3.05, 3.63) is 35.6 Å². The predicted molar refractivity (Wildman–Crippen MR) is 54.7 cm³/mol. The minimum Gasteiger partial charge on any atom is -0.207 e. The van der Waals surface area contributed by atoms with Crippen LogP contribution in [0, 0.1) is 5.82 Å². The first kappa shape index (κ1) is 9.03. The fourth-order valence-electron chi connectivity index (χ4n) is 0.668. The Labute approximate surface area is 79.0 Å². The summed E-state index contributed by atoms with van der Waals surface area (Å²) in [7, 11) is 1.15. The standard InChI is InChI=1S/C7H5FS3/c8-6-3-1-2-5(4-6)7(9)11-10/h1-4,10H. The number of halogens is 1. The monoisotopic (exact) mass is 204 g/mol. The van der Waals surface area contributed by atoms with Crippen molar-refractivity contribution in [3.63, 3.8) is 0 Å². The molecule has 0 unspecified atom stereocenters. The zero-order valence-corrected chi connectivity index (χ0v) is 7.98. The Kier molecular flexibility index (Phi) is 3.36. The Hall–Kier alpha value is -0.0600. The fraction of sp³-hybridized carbons (Fsp3) is 0. The van der Waals surface area contributed by atoms with E-state index >= 15 is 0 Å². The van der Waals surface area contributed by atoms with Gasteiger partial charge in [-0.1, -0.05) is 24.4 Å². The number of hydrogen-bond acceptors (Lipinski definition) is 3. The van der Waals surface area contributed by atoms with Crippen molar-refractivity contribution in [3.8, 4) is 0 Å². The molecule has 0 nitrogen and oxygen atoms in total. The fourth-order valence-corrected chi connectivity index (χ4v) is 1.34. The molecule has 1 aromatic carbocycles. The van der Waals surface area contributed by atoms with E-state index in [0.717, 1.165) is 10.8 Å². The summed E-state index contributed by atoms with van der Waals surface area (Å²) in [6.07, 6.45) is 0. The Morgan fingerprint density at radius 3 is 2.82 bits per heavy atom. The van der Waals surface area contributed by atoms with Crippen LogP contribution in [0.15, 0.2) is 24.3 Å². The van der Waals surface area contributed by atoms with Gasteiger partial charge in [-0.25, -0.2) is 4.39 Å². The topological polar surface area (TPSA) is 0 Å². The molecule has 0 radical (unpaired) electrons. The van der Waals surface area contributed by atoms with E-state index in [2.05, 4.69) is 11.7 Å². The summed E-state index contributed by atoms with van der Waals surface area (Å²) < 4.78 is 13.2. The van der Waals surface area contributed by atoms with Crippen molar-refractivity contribution in [1.29, 1.82) is 0 Å². The first-order valence-electron chi connectivity index (χ1n) is 2.85. The highest BCUT2D eigenvalue weighted by Crippen LogP contribution is 2.17. The Morgan fingerprint density at radius 2 is 2.27 bits per heavy atom. The number of rotatable bonds is 1. The molecule has 58 valence electrons. The molecule has 0 spiro atoms. The lowest BCUT2D eigenvalue weighted by Crippen LogP contribution is -1.88. The number of thiol groups is 1. The quantitative estimate of drug-likeness (QED) is 0.424. The summed E-state index contributed by atoms with van der Waals surface area (Å²) in [4.78, 5) is 0. The molecular weight excluding hydrogens is 199 g/mol. The van der Waals surface area contributed by atoms with Crippen molar-refractivity contribution in [2.45, 2.75) is 0 Å². The molecule has 0 fully saturated rings. The minimum atomic E-state index is -0.271. The molecule has 0 saturated carbocycles. The molecule has 0 saturated heterocycles. The maximum Gasteiger partial charge on any atom is 0.123 e. The molecule has 4 heteroatoms. The lowest BCUT2D eigenvalue weighted by atomic mass is 10.2. The average Bonchev–Trinajstić information content (AvgIpc) is 2.03. The van der Waals surface area contributed by atoms with Crippen LogP contribution < -0.4 is 0 Å². The third-order valence-electron chi connectivity index (χ3n) is 1.14. The highest BCUT2D eigenvalue weighted by Gasteiger charge is 1.99. The van der Waals surface area contributed by atoms with Gasteiger partial charge >= 0.3 is 0 Å². The highest BCUT2D eigenvalue weighted by molar-refractivity contribution is 8.76. The largest absolute Gasteiger partial charge is 0.207 e. The lowest BCUT2D eigenvalue weighted by Gasteiger charge is -1.97. The maximum absolute atomic E-state index is 12.6. The summed E-state index contributed by atoms with van der Waals surface area (Å²) in [5.74, 6) is -0.271. The molecular formula is C7H5FS3. The number of benzene rings is 1. The molecule has 0 heterocycles. The van der Waals surface area contributed by atoms with Crippen LogP contribution >= 0.6 is 34.7 Å². The van der Waals surface area contributed by atoms with Gasteiger partial charge < -0.3 is 0 Å². The van der Waals surface area contributed by atoms with Gasteiger partial charge in [-0.3, -0.25) is 0 Å². The Bertz CT molecular complexity index is 272. The van der Waals surface area contributed by atoms with Crippen LogP contribution in [0.5, 0.6) is 0 Å². The second-order valence-electron chi connectivity index (χ2n) is 1.89. The van der Waals surface area contributed by atoms with Gasteiger partial charge in [0.15, 0.2) is 0 Å². The van der Waals surface area contributed by atoms with E-state index < -0.39 is 0 Å². The molecule has 0 aliphatic heterocycles. The van der Waals surface area contributed by atoms with E-state index in [1.54, 1.807) is 12.1 Å². The second kappa shape index (κ2) is 4.09. The lowest BCUT2D eigenvalue weighted by molar-refractivity contribution is 0.627. The zero-order chi connectivity index (χ0) is 8.27. The molecule has 0 amide bonds. The van der Waals surface area contributed by atoms with Crippen molar-refractivity contribution in [2.24, 2.45) is 0 Å². The minimum absolute atomic E-state index is 0.271. The Morgan fingerprint density at radius 1 is 1.55 bits per heavy atom. The van der Waals surface area contributed by atoms with Gasteiger partial charge in [0, 0.05) is 5.56 Å². The molecule has 1 rings (SSSR count). The average molecular weight is 204 g/mol. The van der Waals surface area contributed by atoms with Gasteiger partial charge in [-0.05, 0) is 22.9 Å². The highest BCUT2D eigenvalue weighted by atomic mass is 33.1. The molecule has 0 aliphatic carbocycles. The summed E-state index contributed by atoms with van der Waals surface area (Å²) in [6.45, 7) is 0. The van der Waals surface area contributed by atoms with E-state index in [4.69, 9.17) is 12.2 Å². The van der Waals surface area contributed by atoms with E-state index in [1.807, 2.05) is 0 Å². The number of hydrogen-bond donors (Lipinski definition) is 1. The van der Waals surface area contributed by atoms with Crippen LogP contribution in [0.2, 0.25) is 0 Å². The first-order chi connectivity index (χ1) is 5.24. The van der Waals surface area contributed by atoms with Crippen LogP contribution in [0.25, 0.3) is 0 Å². The molecule has 0 N–H and O–H groups in total. The van der Waals surface area contributed by atoms with Gasteiger partial charge in [-0.2, -0.15) is 0 Å². The van der Waals surface area contributed by atoms with Crippen LogP contribution in [-0.2, 0) is 0 Å². The van der Waals surface area contributed by atoms with Crippen molar-refractivity contribution >= 4 is 38.9 Å². The maximum atomic E-state index is 12.6. The third kappa shape index (κ3) is 2.47. The molecule has 0 atom stereocenters. The van der Waals surface area contributed by atoms with Crippen molar-refractivity contribution in [2.75, 3.05) is 0 Å². The van der Waals surface area contributed by atoms with Crippen LogP contribution in [0.3, 0.4) is 0 Å². The van der Waals surface area contributed by atoms with Gasteiger partial charge in [-0.15, -0.1) is 11.7 Å². The molecule has 0 bridgehead atoms. The van der Waals surface area contributed by atoms with Crippen LogP contribution in [0.4, 0.5) is 4.39 Å². The van der Waals surface area contributed by atoms with E-state index in [0.29, 0.717) is 9.76 Å². The van der Waals surface area contributed by atoms with E-state index in [9.17, 15) is 4.39 Å². The van der Waals surface area contributed by atoms with Crippen LogP contribution in [-0.4, -0.2) is 4.20 Å². The van der Waals surface area contributed by atoms with Crippen molar-refractivity contribution in [1.82, 2.24) is 0 Å². The number of thiocarbonyl (C=S) groups is 1. The summed E-state index contributed by atoms with van der Waals surface area (Å²) in [5.41, 5.74) is 0.708. The van der Waals surface area contributed by atoms with Crippen molar-refractivity contribution < 1.29 is 4.39 Å². The summed E-state index contributed by atoms with van der Waals surface area (Å²) >= 11 is 8.82. The Balaban J connectivity index is 2.96. The van der Waals surface area contributed by atoms with Gasteiger partial charge in [0.25, 0.3) is 0 Å². The predicted octanol–water partition coefficient (Wildman–Crippen LogP) is 3.08. The molecule has 1 aromatic rings. The molecule has 0 aromatic heterocycles.